The SMILES string of the molecule is CC(O)Nc1ncc(CN2CCc3ccc(O)cc3CC2)s1. The van der Waals surface area contributed by atoms with Crippen molar-refractivity contribution in [2.45, 2.75) is 32.5 Å². The quantitative estimate of drug-likeness (QED) is 0.754. The lowest BCUT2D eigenvalue weighted by molar-refractivity contribution is 0.224. The van der Waals surface area contributed by atoms with E-state index >= 15 is 0 Å². The van der Waals surface area contributed by atoms with Gasteiger partial charge in [-0.05, 0) is 43.0 Å². The zero-order valence-corrected chi connectivity index (χ0v) is 13.4. The molecule has 0 radical (unpaired) electrons. The number of nitrogens with one attached hydrogen (secondary N) is 1. The topological polar surface area (TPSA) is 68.6 Å². The molecule has 3 rings (SSSR count). The number of aromatic hydroxyl groups is 1. The summed E-state index contributed by atoms with van der Waals surface area (Å²) in [6, 6.07) is 5.69. The lowest BCUT2D eigenvalue weighted by atomic mass is 10.0. The molecule has 6 heteroatoms. The number of rotatable bonds is 4. The summed E-state index contributed by atoms with van der Waals surface area (Å²) in [5.41, 5.74) is 2.59. The van der Waals surface area contributed by atoms with Gasteiger partial charge in [-0.2, -0.15) is 0 Å². The highest BCUT2D eigenvalue weighted by atomic mass is 32.1. The molecule has 3 N–H and O–H groups in total. The van der Waals surface area contributed by atoms with Crippen molar-refractivity contribution < 1.29 is 10.2 Å². The Bertz CT molecular complexity index is 642. The van der Waals surface area contributed by atoms with E-state index in [2.05, 4.69) is 15.2 Å². The fourth-order valence-electron chi connectivity index (χ4n) is 2.76. The molecule has 2 aromatic rings. The van der Waals surface area contributed by atoms with Crippen molar-refractivity contribution >= 4 is 16.5 Å². The Hall–Kier alpha value is -1.63. The minimum absolute atomic E-state index is 0.350. The Morgan fingerprint density at radius 2 is 2.09 bits per heavy atom. The van der Waals surface area contributed by atoms with E-state index in [1.165, 1.54) is 16.0 Å². The summed E-state index contributed by atoms with van der Waals surface area (Å²) in [4.78, 5) is 7.89. The average molecular weight is 319 g/mol. The largest absolute Gasteiger partial charge is 0.508 e. The smallest absolute Gasteiger partial charge is 0.184 e. The van der Waals surface area contributed by atoms with Gasteiger partial charge in [0.25, 0.3) is 0 Å². The van der Waals surface area contributed by atoms with Crippen molar-refractivity contribution in [3.05, 3.63) is 40.4 Å². The number of fused-ring (bicyclic) bond motifs is 1. The van der Waals surface area contributed by atoms with Crippen molar-refractivity contribution in [2.75, 3.05) is 18.4 Å². The molecule has 0 bridgehead atoms. The van der Waals surface area contributed by atoms with Gasteiger partial charge >= 0.3 is 0 Å². The van der Waals surface area contributed by atoms with E-state index in [4.69, 9.17) is 0 Å². The second-order valence-corrected chi connectivity index (χ2v) is 6.80. The van der Waals surface area contributed by atoms with E-state index in [1.807, 2.05) is 18.3 Å². The molecule has 1 aromatic carbocycles. The number of anilines is 1. The van der Waals surface area contributed by atoms with Crippen LogP contribution in [0.25, 0.3) is 0 Å². The summed E-state index contributed by atoms with van der Waals surface area (Å²) < 4.78 is 0. The van der Waals surface area contributed by atoms with Gasteiger partial charge in [-0.25, -0.2) is 4.98 Å². The second kappa shape index (κ2) is 6.64. The highest BCUT2D eigenvalue weighted by Gasteiger charge is 2.15. The third-order valence-corrected chi connectivity index (χ3v) is 4.76. The van der Waals surface area contributed by atoms with Gasteiger partial charge in [0.05, 0.1) is 0 Å². The van der Waals surface area contributed by atoms with Crippen molar-refractivity contribution in [2.24, 2.45) is 0 Å². The minimum atomic E-state index is -0.584. The van der Waals surface area contributed by atoms with Crippen molar-refractivity contribution in [1.82, 2.24) is 9.88 Å². The van der Waals surface area contributed by atoms with Gasteiger partial charge in [0, 0.05) is 30.7 Å². The number of aliphatic hydroxyl groups excluding tert-OH is 1. The molecule has 1 aliphatic heterocycles. The Kier molecular flexibility index (Phi) is 4.61. The van der Waals surface area contributed by atoms with Crippen LogP contribution >= 0.6 is 11.3 Å². The summed E-state index contributed by atoms with van der Waals surface area (Å²) in [5.74, 6) is 0.350. The van der Waals surface area contributed by atoms with Crippen LogP contribution in [-0.4, -0.2) is 39.4 Å². The monoisotopic (exact) mass is 319 g/mol. The van der Waals surface area contributed by atoms with Gasteiger partial charge < -0.3 is 15.5 Å². The van der Waals surface area contributed by atoms with Crippen LogP contribution in [0.1, 0.15) is 22.9 Å². The first-order valence-corrected chi connectivity index (χ1v) is 8.34. The molecule has 118 valence electrons. The van der Waals surface area contributed by atoms with Crippen LogP contribution in [0.5, 0.6) is 5.75 Å². The first-order valence-electron chi connectivity index (χ1n) is 7.52. The highest BCUT2D eigenvalue weighted by Crippen LogP contribution is 2.24. The van der Waals surface area contributed by atoms with Gasteiger partial charge in [-0.1, -0.05) is 6.07 Å². The minimum Gasteiger partial charge on any atom is -0.508 e. The van der Waals surface area contributed by atoms with Crippen LogP contribution in [0, 0.1) is 0 Å². The van der Waals surface area contributed by atoms with E-state index in [0.717, 1.165) is 37.6 Å². The first-order chi connectivity index (χ1) is 10.6. The van der Waals surface area contributed by atoms with Crippen molar-refractivity contribution in [3.8, 4) is 5.75 Å². The van der Waals surface area contributed by atoms with Crippen molar-refractivity contribution in [3.63, 3.8) is 0 Å². The number of nitrogens with zero attached hydrogens (tertiary/aromatic N) is 2. The van der Waals surface area contributed by atoms with Crippen LogP contribution in [-0.2, 0) is 19.4 Å². The molecule has 0 saturated heterocycles. The van der Waals surface area contributed by atoms with Crippen molar-refractivity contribution in [1.29, 1.82) is 0 Å². The Balaban J connectivity index is 1.62. The molecular weight excluding hydrogens is 298 g/mol. The molecule has 22 heavy (non-hydrogen) atoms. The number of aliphatic hydroxyl groups is 1. The number of phenolic OH excluding ortho intramolecular Hbond substituents is 1. The summed E-state index contributed by atoms with van der Waals surface area (Å²) in [7, 11) is 0. The van der Waals surface area contributed by atoms with E-state index < -0.39 is 6.23 Å². The Morgan fingerprint density at radius 3 is 2.86 bits per heavy atom. The van der Waals surface area contributed by atoms with E-state index in [-0.39, 0.29) is 0 Å². The lowest BCUT2D eigenvalue weighted by Crippen LogP contribution is -2.25. The van der Waals surface area contributed by atoms with E-state index in [9.17, 15) is 10.2 Å². The lowest BCUT2D eigenvalue weighted by Gasteiger charge is -2.18. The van der Waals surface area contributed by atoms with Gasteiger partial charge in [0.1, 0.15) is 12.0 Å². The molecular formula is C16H21N3O2S. The number of aromatic nitrogens is 1. The highest BCUT2D eigenvalue weighted by molar-refractivity contribution is 7.15. The van der Waals surface area contributed by atoms with Crippen LogP contribution in [0.4, 0.5) is 5.13 Å². The zero-order chi connectivity index (χ0) is 15.5. The second-order valence-electron chi connectivity index (χ2n) is 5.68. The molecule has 1 atom stereocenters. The summed E-state index contributed by atoms with van der Waals surface area (Å²) in [6.45, 7) is 4.55. The van der Waals surface area contributed by atoms with Gasteiger partial charge in [0.2, 0.25) is 0 Å². The van der Waals surface area contributed by atoms with Crippen LogP contribution in [0.2, 0.25) is 0 Å². The molecule has 1 aliphatic rings. The Labute approximate surface area is 134 Å². The number of phenols is 1. The standard InChI is InChI=1S/C16H21N3O2S/c1-11(20)18-16-17-9-15(22-16)10-19-6-4-12-2-3-14(21)8-13(12)5-7-19/h2-3,8-9,11,20-21H,4-7,10H2,1H3,(H,17,18). The number of hydrogen-bond donors (Lipinski definition) is 3. The maximum absolute atomic E-state index is 9.61. The molecule has 1 aromatic heterocycles. The molecule has 0 saturated carbocycles. The van der Waals surface area contributed by atoms with E-state index in [0.29, 0.717) is 5.75 Å². The average Bonchev–Trinajstić information content (AvgIpc) is 2.79. The fraction of sp³-hybridized carbons (Fsp3) is 0.438. The Morgan fingerprint density at radius 1 is 1.32 bits per heavy atom. The van der Waals surface area contributed by atoms with E-state index in [1.54, 1.807) is 24.3 Å². The summed E-state index contributed by atoms with van der Waals surface area (Å²) in [5, 5.41) is 22.6. The number of thiazole rings is 1. The predicted octanol–water partition coefficient (Wildman–Crippen LogP) is 2.20. The fourth-order valence-corrected chi connectivity index (χ4v) is 3.70. The molecule has 0 fully saturated rings. The zero-order valence-electron chi connectivity index (χ0n) is 12.6. The van der Waals surface area contributed by atoms with Crippen LogP contribution in [0.3, 0.4) is 0 Å². The molecule has 1 unspecified atom stereocenters. The molecule has 0 spiro atoms. The summed E-state index contributed by atoms with van der Waals surface area (Å²) in [6.07, 6.45) is 3.26. The third-order valence-electron chi connectivity index (χ3n) is 3.85. The van der Waals surface area contributed by atoms with Gasteiger partial charge in [0.15, 0.2) is 5.13 Å². The van der Waals surface area contributed by atoms with Gasteiger partial charge in [-0.15, -0.1) is 11.3 Å². The van der Waals surface area contributed by atoms with Crippen LogP contribution in [0.15, 0.2) is 24.4 Å². The maximum atomic E-state index is 9.61. The summed E-state index contributed by atoms with van der Waals surface area (Å²) >= 11 is 1.58. The molecule has 5 nitrogen and oxygen atoms in total. The molecule has 0 amide bonds. The number of benzene rings is 1. The molecule has 0 aliphatic carbocycles. The third kappa shape index (κ3) is 3.76. The maximum Gasteiger partial charge on any atom is 0.184 e. The van der Waals surface area contributed by atoms with Crippen LogP contribution < -0.4 is 5.32 Å². The van der Waals surface area contributed by atoms with Gasteiger partial charge in [-0.3, -0.25) is 4.90 Å². The number of hydrogen-bond acceptors (Lipinski definition) is 6. The predicted molar refractivity (Wildman–Crippen MR) is 88.2 cm³/mol. The first kappa shape index (κ1) is 15.3. The normalized spacial score (nSPS) is 16.8. The molecule has 2 heterocycles.